The Morgan fingerprint density at radius 3 is 2.58 bits per heavy atom. The molecule has 4 heteroatoms. The Balaban J connectivity index is 2.04. The fraction of sp³-hybridized carbons (Fsp3) is 0.600. The molecule has 0 saturated heterocycles. The number of benzene rings is 1. The van der Waals surface area contributed by atoms with Gasteiger partial charge in [-0.25, -0.2) is 0 Å². The Morgan fingerprint density at radius 1 is 1.26 bits per heavy atom. The first-order valence-electron chi connectivity index (χ1n) is 7.00. The molecule has 1 saturated carbocycles. The van der Waals surface area contributed by atoms with E-state index in [2.05, 4.69) is 12.3 Å². The third-order valence-electron chi connectivity index (χ3n) is 4.29. The molecule has 0 spiro atoms. The summed E-state index contributed by atoms with van der Waals surface area (Å²) in [6.07, 6.45) is 5.93. The Morgan fingerprint density at radius 2 is 1.95 bits per heavy atom. The maximum Gasteiger partial charge on any atom is 0.0439 e. The number of rotatable bonds is 4. The third-order valence-corrected chi connectivity index (χ3v) is 4.90. The number of nitrogens with one attached hydrogen (secondary N) is 1. The normalized spacial score (nSPS) is 25.3. The Labute approximate surface area is 125 Å². The minimum Gasteiger partial charge on any atom is -0.271 e. The summed E-state index contributed by atoms with van der Waals surface area (Å²) in [4.78, 5) is 0. The molecular formula is C15H22Cl2N2. The maximum atomic E-state index is 6.23. The monoisotopic (exact) mass is 300 g/mol. The number of halogens is 2. The summed E-state index contributed by atoms with van der Waals surface area (Å²) in [5.74, 6) is 7.23. The molecule has 0 amide bonds. The summed E-state index contributed by atoms with van der Waals surface area (Å²) < 4.78 is 0. The second kappa shape index (κ2) is 6.94. The quantitative estimate of drug-likeness (QED) is 0.646. The van der Waals surface area contributed by atoms with Gasteiger partial charge < -0.3 is 0 Å². The predicted molar refractivity (Wildman–Crippen MR) is 82.4 cm³/mol. The minimum absolute atomic E-state index is 0.281. The topological polar surface area (TPSA) is 38.0 Å². The van der Waals surface area contributed by atoms with Crippen molar-refractivity contribution in [2.24, 2.45) is 17.7 Å². The molecule has 1 fully saturated rings. The standard InChI is InChI=1S/C15H22Cl2N2/c1-10-2-4-11(5-3-10)15(19-18)9-12-8-13(16)6-7-14(12)17/h6-8,10-11,15,19H,2-5,9,18H2,1H3. The van der Waals surface area contributed by atoms with Crippen molar-refractivity contribution in [2.45, 2.75) is 45.1 Å². The summed E-state index contributed by atoms with van der Waals surface area (Å²) in [5, 5.41) is 1.50. The van der Waals surface area contributed by atoms with Gasteiger partial charge in [0.1, 0.15) is 0 Å². The second-order valence-corrected chi connectivity index (χ2v) is 6.58. The molecule has 1 unspecified atom stereocenters. The van der Waals surface area contributed by atoms with Gasteiger partial charge in [0.15, 0.2) is 0 Å². The molecule has 0 radical (unpaired) electrons. The zero-order valence-electron chi connectivity index (χ0n) is 11.3. The summed E-state index contributed by atoms with van der Waals surface area (Å²) in [5.41, 5.74) is 4.06. The second-order valence-electron chi connectivity index (χ2n) is 5.73. The zero-order chi connectivity index (χ0) is 13.8. The lowest BCUT2D eigenvalue weighted by atomic mass is 9.78. The van der Waals surface area contributed by atoms with Crippen molar-refractivity contribution in [2.75, 3.05) is 0 Å². The van der Waals surface area contributed by atoms with Crippen LogP contribution in [0.15, 0.2) is 18.2 Å². The molecule has 1 aromatic rings. The van der Waals surface area contributed by atoms with Gasteiger partial charge in [-0.05, 0) is 54.9 Å². The highest BCUT2D eigenvalue weighted by atomic mass is 35.5. The largest absolute Gasteiger partial charge is 0.271 e. The summed E-state index contributed by atoms with van der Waals surface area (Å²) in [6.45, 7) is 2.33. The van der Waals surface area contributed by atoms with Crippen LogP contribution in [0.5, 0.6) is 0 Å². The van der Waals surface area contributed by atoms with Crippen LogP contribution in [0.2, 0.25) is 10.0 Å². The molecule has 2 nitrogen and oxygen atoms in total. The lowest BCUT2D eigenvalue weighted by Gasteiger charge is -2.32. The molecule has 0 bridgehead atoms. The van der Waals surface area contributed by atoms with E-state index in [4.69, 9.17) is 29.0 Å². The van der Waals surface area contributed by atoms with Crippen LogP contribution >= 0.6 is 23.2 Å². The Hall–Kier alpha value is -0.280. The van der Waals surface area contributed by atoms with Crippen molar-refractivity contribution >= 4 is 23.2 Å². The van der Waals surface area contributed by atoms with E-state index in [-0.39, 0.29) is 6.04 Å². The molecule has 1 aromatic carbocycles. The van der Waals surface area contributed by atoms with Crippen molar-refractivity contribution in [3.05, 3.63) is 33.8 Å². The van der Waals surface area contributed by atoms with Gasteiger partial charge in [-0.15, -0.1) is 0 Å². The molecule has 3 N–H and O–H groups in total. The van der Waals surface area contributed by atoms with Gasteiger partial charge >= 0.3 is 0 Å². The van der Waals surface area contributed by atoms with E-state index in [0.29, 0.717) is 5.92 Å². The lowest BCUT2D eigenvalue weighted by molar-refractivity contribution is 0.229. The van der Waals surface area contributed by atoms with E-state index in [1.165, 1.54) is 25.7 Å². The number of hydrogen-bond acceptors (Lipinski definition) is 2. The van der Waals surface area contributed by atoms with Crippen molar-refractivity contribution in [1.82, 2.24) is 5.43 Å². The van der Waals surface area contributed by atoms with Crippen LogP contribution < -0.4 is 11.3 Å². The summed E-state index contributed by atoms with van der Waals surface area (Å²) in [6, 6.07) is 5.90. The smallest absolute Gasteiger partial charge is 0.0439 e. The van der Waals surface area contributed by atoms with Gasteiger partial charge in [0.2, 0.25) is 0 Å². The van der Waals surface area contributed by atoms with E-state index in [9.17, 15) is 0 Å². The fourth-order valence-electron chi connectivity index (χ4n) is 2.99. The van der Waals surface area contributed by atoms with Crippen LogP contribution in [0.25, 0.3) is 0 Å². The SMILES string of the molecule is CC1CCC(C(Cc2cc(Cl)ccc2Cl)NN)CC1. The van der Waals surface area contributed by atoms with E-state index < -0.39 is 0 Å². The molecule has 1 aliphatic rings. The van der Waals surface area contributed by atoms with Crippen LogP contribution in [-0.2, 0) is 6.42 Å². The van der Waals surface area contributed by atoms with Gasteiger partial charge in [0.25, 0.3) is 0 Å². The van der Waals surface area contributed by atoms with Gasteiger partial charge in [0, 0.05) is 16.1 Å². The molecule has 19 heavy (non-hydrogen) atoms. The third kappa shape index (κ3) is 4.09. The first kappa shape index (κ1) is 15.1. The molecule has 106 valence electrons. The lowest BCUT2D eigenvalue weighted by Crippen LogP contribution is -2.43. The first-order valence-corrected chi connectivity index (χ1v) is 7.75. The average Bonchev–Trinajstić information content (AvgIpc) is 2.41. The van der Waals surface area contributed by atoms with Gasteiger partial charge in [-0.2, -0.15) is 0 Å². The first-order chi connectivity index (χ1) is 9.10. The summed E-state index contributed by atoms with van der Waals surface area (Å²) in [7, 11) is 0. The zero-order valence-corrected chi connectivity index (χ0v) is 12.8. The highest BCUT2D eigenvalue weighted by Gasteiger charge is 2.26. The maximum absolute atomic E-state index is 6.23. The summed E-state index contributed by atoms with van der Waals surface area (Å²) >= 11 is 12.3. The number of nitrogens with two attached hydrogens (primary N) is 1. The van der Waals surface area contributed by atoms with Crippen LogP contribution in [0.1, 0.15) is 38.2 Å². The van der Waals surface area contributed by atoms with Crippen molar-refractivity contribution in [1.29, 1.82) is 0 Å². The molecule has 1 aliphatic carbocycles. The Kier molecular flexibility index (Phi) is 5.52. The van der Waals surface area contributed by atoms with Gasteiger partial charge in [-0.1, -0.05) is 43.0 Å². The minimum atomic E-state index is 0.281. The van der Waals surface area contributed by atoms with Crippen LogP contribution in [0.4, 0.5) is 0 Å². The molecule has 0 aromatic heterocycles. The van der Waals surface area contributed by atoms with Crippen LogP contribution in [-0.4, -0.2) is 6.04 Å². The van der Waals surface area contributed by atoms with E-state index in [1.54, 1.807) is 0 Å². The van der Waals surface area contributed by atoms with E-state index in [0.717, 1.165) is 27.9 Å². The van der Waals surface area contributed by atoms with Crippen LogP contribution in [0, 0.1) is 11.8 Å². The van der Waals surface area contributed by atoms with Crippen molar-refractivity contribution in [3.63, 3.8) is 0 Å². The fourth-order valence-corrected chi connectivity index (χ4v) is 3.38. The van der Waals surface area contributed by atoms with Crippen LogP contribution in [0.3, 0.4) is 0 Å². The molecule has 2 rings (SSSR count). The number of hydrazine groups is 1. The van der Waals surface area contributed by atoms with Gasteiger partial charge in [-0.3, -0.25) is 11.3 Å². The average molecular weight is 301 g/mol. The highest BCUT2D eigenvalue weighted by Crippen LogP contribution is 2.32. The molecule has 0 heterocycles. The highest BCUT2D eigenvalue weighted by molar-refractivity contribution is 6.33. The Bertz CT molecular complexity index is 415. The van der Waals surface area contributed by atoms with Crippen molar-refractivity contribution in [3.8, 4) is 0 Å². The molecule has 0 aliphatic heterocycles. The number of hydrogen-bond donors (Lipinski definition) is 2. The van der Waals surface area contributed by atoms with Crippen molar-refractivity contribution < 1.29 is 0 Å². The predicted octanol–water partition coefficient (Wildman–Crippen LogP) is 4.19. The van der Waals surface area contributed by atoms with E-state index in [1.807, 2.05) is 18.2 Å². The van der Waals surface area contributed by atoms with Gasteiger partial charge in [0.05, 0.1) is 0 Å². The molecule has 1 atom stereocenters. The van der Waals surface area contributed by atoms with E-state index >= 15 is 0 Å². The molecular weight excluding hydrogens is 279 g/mol.